The Balaban J connectivity index is 1.39. The highest BCUT2D eigenvalue weighted by Gasteiger charge is 2.29. The van der Waals surface area contributed by atoms with Gasteiger partial charge in [0.2, 0.25) is 17.7 Å². The highest BCUT2D eigenvalue weighted by molar-refractivity contribution is 6.39. The third kappa shape index (κ3) is 8.04. The van der Waals surface area contributed by atoms with Crippen LogP contribution in [0.4, 0.5) is 0 Å². The third-order valence-electron chi connectivity index (χ3n) is 8.60. The number of halogens is 2. The van der Waals surface area contributed by atoms with Gasteiger partial charge < -0.3 is 24.8 Å². The number of amides is 1. The van der Waals surface area contributed by atoms with Gasteiger partial charge in [-0.25, -0.2) is 9.98 Å². The van der Waals surface area contributed by atoms with E-state index in [1.165, 1.54) is 7.11 Å². The van der Waals surface area contributed by atoms with Gasteiger partial charge in [-0.2, -0.15) is 0 Å². The number of aliphatic imine (C=N–C) groups is 2. The SMILES string of the molecule is C=N/C(CNC[C@@H]1CCC(=O)N1)=C(\N=C(/C)c1cccc(-c2cccc(-c3cnc(CN4CC[C@H]4COC)c(OC)n3)c2Cl)c1Cl)OC. The second-order valence-corrected chi connectivity index (χ2v) is 12.4. The van der Waals surface area contributed by atoms with E-state index < -0.39 is 0 Å². The summed E-state index contributed by atoms with van der Waals surface area (Å²) in [5.41, 5.74) is 5.39. The fraction of sp³-hybridized carbons (Fsp3) is 0.400. The number of likely N-dealkylation sites (tertiary alicyclic amines) is 1. The van der Waals surface area contributed by atoms with Gasteiger partial charge in [0.05, 0.1) is 48.5 Å². The van der Waals surface area contributed by atoms with Crippen molar-refractivity contribution >= 4 is 41.5 Å². The van der Waals surface area contributed by atoms with Gasteiger partial charge in [0, 0.05) is 74.0 Å². The smallest absolute Gasteiger partial charge is 0.237 e. The van der Waals surface area contributed by atoms with Crippen molar-refractivity contribution in [1.29, 1.82) is 0 Å². The predicted octanol–water partition coefficient (Wildman–Crippen LogP) is 5.54. The van der Waals surface area contributed by atoms with Gasteiger partial charge in [0.15, 0.2) is 0 Å². The first-order valence-electron chi connectivity index (χ1n) is 15.8. The maximum Gasteiger partial charge on any atom is 0.237 e. The zero-order valence-electron chi connectivity index (χ0n) is 27.7. The second-order valence-electron chi connectivity index (χ2n) is 11.7. The largest absolute Gasteiger partial charge is 0.480 e. The van der Waals surface area contributed by atoms with Crippen LogP contribution in [0.25, 0.3) is 22.4 Å². The number of hydrogen-bond acceptors (Lipinski definition) is 10. The molecule has 2 N–H and O–H groups in total. The molecule has 254 valence electrons. The first-order chi connectivity index (χ1) is 23.3. The predicted molar refractivity (Wildman–Crippen MR) is 190 cm³/mol. The fourth-order valence-corrected chi connectivity index (χ4v) is 6.56. The average Bonchev–Trinajstić information content (AvgIpc) is 3.51. The van der Waals surface area contributed by atoms with Crippen molar-refractivity contribution in [1.82, 2.24) is 25.5 Å². The van der Waals surface area contributed by atoms with Crippen LogP contribution >= 0.6 is 23.2 Å². The molecule has 2 aromatic carbocycles. The van der Waals surface area contributed by atoms with Gasteiger partial charge in [0.25, 0.3) is 0 Å². The van der Waals surface area contributed by atoms with Crippen molar-refractivity contribution in [2.24, 2.45) is 9.98 Å². The molecule has 1 amide bonds. The van der Waals surface area contributed by atoms with Gasteiger partial charge >= 0.3 is 0 Å². The van der Waals surface area contributed by atoms with Crippen molar-refractivity contribution in [2.75, 3.05) is 47.6 Å². The minimum atomic E-state index is 0.0711. The fourth-order valence-electron chi connectivity index (χ4n) is 5.87. The Morgan fingerprint density at radius 1 is 1.10 bits per heavy atom. The molecule has 2 aliphatic rings. The summed E-state index contributed by atoms with van der Waals surface area (Å²) < 4.78 is 16.6. The molecule has 2 saturated heterocycles. The van der Waals surface area contributed by atoms with E-state index in [1.54, 1.807) is 20.4 Å². The van der Waals surface area contributed by atoms with Crippen molar-refractivity contribution in [3.05, 3.63) is 75.5 Å². The number of carbonyl (C=O) groups excluding carboxylic acids is 1. The Morgan fingerprint density at radius 2 is 1.85 bits per heavy atom. The Morgan fingerprint density at radius 3 is 2.50 bits per heavy atom. The van der Waals surface area contributed by atoms with Crippen LogP contribution in [0.1, 0.15) is 37.4 Å². The summed E-state index contributed by atoms with van der Waals surface area (Å²) in [4.78, 5) is 32.2. The molecule has 0 radical (unpaired) electrons. The summed E-state index contributed by atoms with van der Waals surface area (Å²) in [5.74, 6) is 0.841. The molecular weight excluding hydrogens is 653 g/mol. The van der Waals surface area contributed by atoms with Crippen molar-refractivity contribution < 1.29 is 19.0 Å². The zero-order chi connectivity index (χ0) is 34.2. The molecule has 2 atom stereocenters. The van der Waals surface area contributed by atoms with Gasteiger partial charge in [0.1, 0.15) is 11.4 Å². The lowest BCUT2D eigenvalue weighted by Gasteiger charge is -2.40. The van der Waals surface area contributed by atoms with E-state index in [4.69, 9.17) is 52.4 Å². The van der Waals surface area contributed by atoms with Crippen molar-refractivity contribution in [3.8, 4) is 28.3 Å². The van der Waals surface area contributed by atoms with Crippen LogP contribution in [0, 0.1) is 0 Å². The normalized spacial score (nSPS) is 18.6. The first-order valence-corrected chi connectivity index (χ1v) is 16.5. The lowest BCUT2D eigenvalue weighted by atomic mass is 9.98. The molecule has 0 unspecified atom stereocenters. The topological polar surface area (TPSA) is 123 Å². The zero-order valence-corrected chi connectivity index (χ0v) is 29.2. The Labute approximate surface area is 291 Å². The monoisotopic (exact) mass is 693 g/mol. The van der Waals surface area contributed by atoms with Crippen LogP contribution < -0.4 is 15.4 Å². The molecule has 48 heavy (non-hydrogen) atoms. The van der Waals surface area contributed by atoms with Crippen LogP contribution in [0.15, 0.2) is 64.2 Å². The molecule has 11 nitrogen and oxygen atoms in total. The molecule has 1 aromatic heterocycles. The minimum Gasteiger partial charge on any atom is -0.480 e. The van der Waals surface area contributed by atoms with E-state index in [2.05, 4.69) is 27.2 Å². The van der Waals surface area contributed by atoms with Crippen LogP contribution in [0.5, 0.6) is 5.88 Å². The van der Waals surface area contributed by atoms with E-state index >= 15 is 0 Å². The summed E-state index contributed by atoms with van der Waals surface area (Å²) in [5, 5.41) is 7.21. The van der Waals surface area contributed by atoms with E-state index in [1.807, 2.05) is 43.3 Å². The first kappa shape index (κ1) is 35.4. The molecule has 5 rings (SSSR count). The summed E-state index contributed by atoms with van der Waals surface area (Å²) in [6, 6.07) is 11.9. The molecule has 0 saturated carbocycles. The Kier molecular flexibility index (Phi) is 12.2. The standard InChI is InChI=1S/C35H41Cl2N7O4/c1-21(41-34(47-4)29(38-2)17-39-16-22-12-13-31(45)42-22)24-8-6-9-25(32(24)36)26-10-7-11-27(33(26)37)28-18-40-30(35(43-28)48-5)19-44-15-14-23(44)20-46-3/h6-11,18,22-23,39H,2,12-17,19-20H2,1,3-5H3,(H,42,45)/b34-29+,41-21+/t22-,23-/m0/s1. The molecule has 0 aliphatic carbocycles. The summed E-state index contributed by atoms with van der Waals surface area (Å²) in [6.07, 6.45) is 4.16. The number of ether oxygens (including phenoxy) is 3. The van der Waals surface area contributed by atoms with E-state index in [0.717, 1.165) is 36.2 Å². The molecule has 2 aliphatic heterocycles. The molecule has 0 bridgehead atoms. The van der Waals surface area contributed by atoms with Gasteiger partial charge in [-0.15, -0.1) is 0 Å². The minimum absolute atomic E-state index is 0.0711. The molecular formula is C35H41Cl2N7O4. The quantitative estimate of drug-likeness (QED) is 0.157. The van der Waals surface area contributed by atoms with Gasteiger partial charge in [-0.3, -0.25) is 19.7 Å². The average molecular weight is 695 g/mol. The highest BCUT2D eigenvalue weighted by atomic mass is 35.5. The summed E-state index contributed by atoms with van der Waals surface area (Å²) >= 11 is 14.1. The van der Waals surface area contributed by atoms with E-state index in [9.17, 15) is 4.79 Å². The lowest BCUT2D eigenvalue weighted by Crippen LogP contribution is -2.49. The van der Waals surface area contributed by atoms with Crippen LogP contribution in [0.2, 0.25) is 10.0 Å². The number of nitrogens with one attached hydrogen (secondary N) is 2. The number of methoxy groups -OCH3 is 3. The van der Waals surface area contributed by atoms with Gasteiger partial charge in [-0.1, -0.05) is 59.6 Å². The van der Waals surface area contributed by atoms with Crippen LogP contribution in [-0.2, 0) is 20.8 Å². The molecule has 3 aromatic rings. The number of benzene rings is 2. The van der Waals surface area contributed by atoms with Crippen LogP contribution in [-0.4, -0.2) is 92.9 Å². The number of rotatable bonds is 15. The van der Waals surface area contributed by atoms with E-state index in [-0.39, 0.29) is 11.9 Å². The number of carbonyl (C=O) groups is 1. The second kappa shape index (κ2) is 16.5. The maximum atomic E-state index is 11.5. The number of hydrogen-bond donors (Lipinski definition) is 2. The maximum absolute atomic E-state index is 11.5. The molecule has 2 fully saturated rings. The molecule has 13 heteroatoms. The number of nitrogens with zero attached hydrogens (tertiary/aromatic N) is 5. The third-order valence-corrected chi connectivity index (χ3v) is 9.42. The van der Waals surface area contributed by atoms with Crippen molar-refractivity contribution in [2.45, 2.75) is 44.8 Å². The molecule has 0 spiro atoms. The Hall–Kier alpha value is -3.87. The van der Waals surface area contributed by atoms with Gasteiger partial charge in [-0.05, 0) is 26.5 Å². The molecule has 3 heterocycles. The van der Waals surface area contributed by atoms with E-state index in [0.29, 0.717) is 88.7 Å². The van der Waals surface area contributed by atoms with Crippen LogP contribution in [0.3, 0.4) is 0 Å². The highest BCUT2D eigenvalue weighted by Crippen LogP contribution is 2.40. The van der Waals surface area contributed by atoms with Crippen molar-refractivity contribution in [3.63, 3.8) is 0 Å². The summed E-state index contributed by atoms with van der Waals surface area (Å²) in [7, 11) is 4.85. The summed E-state index contributed by atoms with van der Waals surface area (Å²) in [6.45, 7) is 8.82. The number of aromatic nitrogens is 2. The lowest BCUT2D eigenvalue weighted by molar-refractivity contribution is -0.119. The Bertz CT molecular complexity index is 1710.